The second kappa shape index (κ2) is 20.6. The van der Waals surface area contributed by atoms with Crippen molar-refractivity contribution in [2.24, 2.45) is 22.7 Å². The van der Waals surface area contributed by atoms with Crippen LogP contribution in [-0.4, -0.2) is 150 Å². The first-order valence-electron chi connectivity index (χ1n) is 28.4. The van der Waals surface area contributed by atoms with Gasteiger partial charge < -0.3 is 34.1 Å². The Bertz CT molecular complexity index is 2520. The molecule has 12 heteroatoms. The van der Waals surface area contributed by atoms with E-state index in [9.17, 15) is 9.59 Å². The number of carbonyl (C=O) groups excluding carboxylic acids is 2. The number of rotatable bonds is 17. The molecule has 1 aromatic carbocycles. The van der Waals surface area contributed by atoms with Crippen LogP contribution in [0.4, 0.5) is 5.69 Å². The average Bonchev–Trinajstić information content (AvgIpc) is 3.95. The maximum absolute atomic E-state index is 14.8. The molecule has 7 atom stereocenters. The second-order valence-corrected chi connectivity index (χ2v) is 24.8. The number of piperidine rings is 2. The number of carbonyl (C=O) groups is 2. The van der Waals surface area contributed by atoms with Crippen LogP contribution in [0.3, 0.4) is 0 Å². The number of allylic oxidation sites excluding steroid dienone is 2. The molecule has 1 aliphatic carbocycles. The number of hydrogen-bond donors (Lipinski definition) is 1. The SMILES string of the molecule is CCCN(CC[C@@H]1CNC(=O)[C@@H]2C(CC(C)(c3cnc(C)nc3)C3CCCN32)C2N1CC21CCC1)c1ccc2c(c1)c(CC(C)(C)CCC=O)c(C1=C([C@H](C)OC)N(C)CC(C3CCN(C)CC3)=C1)n2CC. The van der Waals surface area contributed by atoms with Gasteiger partial charge in [-0.1, -0.05) is 34.1 Å². The number of fused-ring (bicyclic) bond motifs is 7. The number of likely N-dealkylation sites (tertiary alicyclic amines) is 1. The minimum Gasteiger partial charge on any atom is -0.376 e. The van der Waals surface area contributed by atoms with Crippen molar-refractivity contribution in [3.05, 3.63) is 70.6 Å². The van der Waals surface area contributed by atoms with Crippen LogP contribution >= 0.6 is 0 Å². The van der Waals surface area contributed by atoms with E-state index in [0.29, 0.717) is 36.4 Å². The molecule has 0 bridgehead atoms. The predicted molar refractivity (Wildman–Crippen MR) is 291 cm³/mol. The van der Waals surface area contributed by atoms with Gasteiger partial charge in [0.1, 0.15) is 12.1 Å². The van der Waals surface area contributed by atoms with Crippen molar-refractivity contribution in [3.63, 3.8) is 0 Å². The van der Waals surface area contributed by atoms with Crippen LogP contribution in [0.1, 0.15) is 141 Å². The molecule has 2 aromatic heterocycles. The molecule has 5 saturated heterocycles. The Morgan fingerprint density at radius 1 is 1.03 bits per heavy atom. The number of anilines is 1. The van der Waals surface area contributed by atoms with Crippen molar-refractivity contribution in [1.82, 2.24) is 39.5 Å². The summed E-state index contributed by atoms with van der Waals surface area (Å²) in [5.74, 6) is 1.88. The first-order chi connectivity index (χ1) is 34.6. The highest BCUT2D eigenvalue weighted by Crippen LogP contribution is 2.61. The number of methoxy groups -OCH3 is 1. The molecule has 6 aliphatic heterocycles. The maximum Gasteiger partial charge on any atom is 0.237 e. The van der Waals surface area contributed by atoms with Crippen molar-refractivity contribution in [2.75, 3.05) is 78.5 Å². The van der Waals surface area contributed by atoms with Gasteiger partial charge in [0.15, 0.2) is 0 Å². The van der Waals surface area contributed by atoms with E-state index in [2.05, 4.69) is 127 Å². The summed E-state index contributed by atoms with van der Waals surface area (Å²) < 4.78 is 8.80. The molecule has 12 nitrogen and oxygen atoms in total. The van der Waals surface area contributed by atoms with Crippen LogP contribution in [0.2, 0.25) is 0 Å². The van der Waals surface area contributed by atoms with Gasteiger partial charge in [0.2, 0.25) is 5.91 Å². The van der Waals surface area contributed by atoms with Gasteiger partial charge >= 0.3 is 0 Å². The molecule has 1 spiro atoms. The summed E-state index contributed by atoms with van der Waals surface area (Å²) in [4.78, 5) is 49.2. The monoisotopic (exact) mass is 984 g/mol. The van der Waals surface area contributed by atoms with Crippen molar-refractivity contribution in [2.45, 2.75) is 174 Å². The van der Waals surface area contributed by atoms with Crippen LogP contribution in [0.5, 0.6) is 0 Å². The first kappa shape index (κ1) is 51.4. The highest BCUT2D eigenvalue weighted by molar-refractivity contribution is 5.95. The van der Waals surface area contributed by atoms with E-state index < -0.39 is 0 Å². The number of ether oxygens (including phenoxy) is 1. The summed E-state index contributed by atoms with van der Waals surface area (Å²) in [6.45, 7) is 24.7. The number of aromatic nitrogens is 3. The molecule has 4 unspecified atom stereocenters. The van der Waals surface area contributed by atoms with E-state index >= 15 is 0 Å². The summed E-state index contributed by atoms with van der Waals surface area (Å²) in [6, 6.07) is 8.22. The lowest BCUT2D eigenvalue weighted by molar-refractivity contribution is -0.200. The van der Waals surface area contributed by atoms with Gasteiger partial charge in [-0.3, -0.25) is 14.6 Å². The third-order valence-electron chi connectivity index (χ3n) is 19.7. The summed E-state index contributed by atoms with van der Waals surface area (Å²) >= 11 is 0. The zero-order valence-corrected chi connectivity index (χ0v) is 45.9. The van der Waals surface area contributed by atoms with E-state index in [1.54, 1.807) is 0 Å². The summed E-state index contributed by atoms with van der Waals surface area (Å²) in [5, 5.41) is 4.93. The Balaban J connectivity index is 1.00. The molecule has 0 radical (unpaired) electrons. The summed E-state index contributed by atoms with van der Waals surface area (Å²) in [5.41, 5.74) is 10.7. The minimum absolute atomic E-state index is 0.0770. The highest BCUT2D eigenvalue weighted by Gasteiger charge is 2.66. The third kappa shape index (κ3) is 9.18. The lowest BCUT2D eigenvalue weighted by atomic mass is 9.50. The molecule has 392 valence electrons. The fourth-order valence-electron chi connectivity index (χ4n) is 15.8. The highest BCUT2D eigenvalue weighted by atomic mass is 16.5. The number of likely N-dealkylation sites (N-methyl/N-ethyl adjacent to an activating group) is 1. The van der Waals surface area contributed by atoms with E-state index in [1.807, 2.05) is 14.0 Å². The zero-order chi connectivity index (χ0) is 50.7. The van der Waals surface area contributed by atoms with Crippen LogP contribution in [0, 0.1) is 29.6 Å². The van der Waals surface area contributed by atoms with Crippen LogP contribution in [0.25, 0.3) is 16.5 Å². The number of amides is 1. The second-order valence-electron chi connectivity index (χ2n) is 24.8. The number of aryl methyl sites for hydroxylation is 2. The standard InChI is InChI=1S/C60H89N9O3/c1-11-25-66(29-21-46-37-63-57(71)55-50(56-60(23-14-24-60)39-69(46)56)34-59(7,52-16-13-26-68(52)55)44-35-61-41(4)62-36-44)45-17-18-51-47(32-45)49(33-58(5,6)22-15-30-70)54(67(51)12-2)48-31-43(42-19-27-64(8)28-20-42)38-65(9)53(48)40(3)72-10/h17-18,30-32,35-36,40,42,46,50,52,55-56H,11-16,19-29,33-34,37-39H2,1-10H3,(H,63,71)/t40-,46+,50?,52?,55-,56?,59?/m0/s1. The topological polar surface area (TPSA) is 102 Å². The number of nitrogens with zero attached hydrogens (tertiary/aromatic N) is 8. The average molecular weight is 984 g/mol. The van der Waals surface area contributed by atoms with E-state index in [-0.39, 0.29) is 40.8 Å². The first-order valence-corrected chi connectivity index (χ1v) is 28.4. The number of benzene rings is 1. The van der Waals surface area contributed by atoms with E-state index in [0.717, 1.165) is 109 Å². The molecule has 3 aromatic rings. The molecule has 1 saturated carbocycles. The van der Waals surface area contributed by atoms with Crippen molar-refractivity contribution >= 4 is 34.4 Å². The van der Waals surface area contributed by atoms with Crippen LogP contribution in [-0.2, 0) is 32.7 Å². The number of aldehydes is 1. The van der Waals surface area contributed by atoms with Gasteiger partial charge in [-0.2, -0.15) is 0 Å². The van der Waals surface area contributed by atoms with Gasteiger partial charge in [0, 0.05) is 124 Å². The fourth-order valence-corrected chi connectivity index (χ4v) is 15.8. The lowest BCUT2D eigenvalue weighted by Gasteiger charge is -2.70. The number of nitrogens with one attached hydrogen (secondary N) is 1. The van der Waals surface area contributed by atoms with Gasteiger partial charge in [-0.05, 0) is 176 Å². The molecular formula is C60H89N9O3. The van der Waals surface area contributed by atoms with Crippen molar-refractivity contribution in [1.29, 1.82) is 0 Å². The van der Waals surface area contributed by atoms with Gasteiger partial charge in [0.05, 0.1) is 23.5 Å². The Morgan fingerprint density at radius 2 is 1.79 bits per heavy atom. The normalized spacial score (nSPS) is 28.6. The van der Waals surface area contributed by atoms with Gasteiger partial charge in [0.25, 0.3) is 0 Å². The van der Waals surface area contributed by atoms with Gasteiger partial charge in [-0.25, -0.2) is 9.97 Å². The smallest absolute Gasteiger partial charge is 0.237 e. The molecule has 1 N–H and O–H groups in total. The summed E-state index contributed by atoms with van der Waals surface area (Å²) in [7, 11) is 6.37. The fraction of sp³-hybridized carbons (Fsp3) is 0.700. The largest absolute Gasteiger partial charge is 0.376 e. The van der Waals surface area contributed by atoms with Crippen molar-refractivity contribution < 1.29 is 14.3 Å². The Kier molecular flexibility index (Phi) is 14.7. The number of hydrogen-bond acceptors (Lipinski definition) is 10. The van der Waals surface area contributed by atoms with Gasteiger partial charge in [-0.15, -0.1) is 0 Å². The minimum atomic E-state index is -0.111. The molecule has 1 amide bonds. The Morgan fingerprint density at radius 3 is 2.47 bits per heavy atom. The van der Waals surface area contributed by atoms with Crippen molar-refractivity contribution in [3.8, 4) is 0 Å². The lowest BCUT2D eigenvalue weighted by Crippen LogP contribution is -2.79. The maximum atomic E-state index is 14.8. The zero-order valence-electron chi connectivity index (χ0n) is 45.9. The van der Waals surface area contributed by atoms with E-state index in [4.69, 9.17) is 14.7 Å². The molecule has 8 heterocycles. The summed E-state index contributed by atoms with van der Waals surface area (Å²) in [6.07, 6.45) is 21.6. The molecule has 7 aliphatic rings. The van der Waals surface area contributed by atoms with Crippen LogP contribution in [0.15, 0.2) is 47.9 Å². The third-order valence-corrected chi connectivity index (χ3v) is 19.7. The molecule has 10 rings (SSSR count). The Hall–Kier alpha value is -4.10. The molecular weight excluding hydrogens is 895 g/mol. The quantitative estimate of drug-likeness (QED) is 0.132. The molecule has 72 heavy (non-hydrogen) atoms. The van der Waals surface area contributed by atoms with E-state index in [1.165, 1.54) is 82.4 Å². The molecule has 6 fully saturated rings. The van der Waals surface area contributed by atoms with Crippen LogP contribution < -0.4 is 10.2 Å². The Labute approximate surface area is 432 Å². The predicted octanol–water partition coefficient (Wildman–Crippen LogP) is 9.04.